The van der Waals surface area contributed by atoms with Gasteiger partial charge >= 0.3 is 6.03 Å². The fourth-order valence-electron chi connectivity index (χ4n) is 1.03. The van der Waals surface area contributed by atoms with E-state index in [4.69, 9.17) is 17.3 Å². The lowest BCUT2D eigenvalue weighted by molar-refractivity contribution is -0.385. The van der Waals surface area contributed by atoms with Crippen LogP contribution in [0.2, 0.25) is 5.02 Å². The van der Waals surface area contributed by atoms with E-state index in [9.17, 15) is 19.7 Å². The molecular formula is C8H6ClN3O4. The van der Waals surface area contributed by atoms with Gasteiger partial charge in [0.2, 0.25) is 0 Å². The van der Waals surface area contributed by atoms with Gasteiger partial charge in [-0.1, -0.05) is 11.6 Å². The second-order valence-electron chi connectivity index (χ2n) is 2.74. The van der Waals surface area contributed by atoms with Crippen LogP contribution in [0.4, 0.5) is 10.5 Å². The maximum atomic E-state index is 11.4. The van der Waals surface area contributed by atoms with Crippen LogP contribution in [-0.2, 0) is 0 Å². The third-order valence-electron chi connectivity index (χ3n) is 1.64. The van der Waals surface area contributed by atoms with Gasteiger partial charge in [0.25, 0.3) is 11.6 Å². The number of nitrogens with zero attached hydrogens (tertiary/aromatic N) is 1. The summed E-state index contributed by atoms with van der Waals surface area (Å²) in [4.78, 5) is 31.6. The Kier molecular flexibility index (Phi) is 3.41. The predicted octanol–water partition coefficient (Wildman–Crippen LogP) is 1.06. The van der Waals surface area contributed by atoms with Crippen molar-refractivity contribution < 1.29 is 14.5 Å². The Morgan fingerprint density at radius 3 is 2.56 bits per heavy atom. The van der Waals surface area contributed by atoms with Gasteiger partial charge < -0.3 is 5.73 Å². The first-order chi connectivity index (χ1) is 7.41. The summed E-state index contributed by atoms with van der Waals surface area (Å²) < 4.78 is 0. The third kappa shape index (κ3) is 2.67. The number of nitrogens with one attached hydrogen (secondary N) is 1. The van der Waals surface area contributed by atoms with E-state index in [1.165, 1.54) is 6.07 Å². The number of carbonyl (C=O) groups excluding carboxylic acids is 2. The minimum Gasteiger partial charge on any atom is -0.351 e. The normalized spacial score (nSPS) is 9.56. The molecule has 0 saturated carbocycles. The number of hydrogen-bond donors (Lipinski definition) is 2. The number of rotatable bonds is 2. The number of urea groups is 1. The fourth-order valence-corrected chi connectivity index (χ4v) is 1.20. The molecule has 0 fully saturated rings. The molecule has 0 aromatic heterocycles. The highest BCUT2D eigenvalue weighted by atomic mass is 35.5. The SMILES string of the molecule is NC(=O)NC(=O)c1cc(Cl)ccc1[N+](=O)[O-]. The zero-order chi connectivity index (χ0) is 12.3. The quantitative estimate of drug-likeness (QED) is 0.597. The Morgan fingerprint density at radius 2 is 2.06 bits per heavy atom. The van der Waals surface area contributed by atoms with Crippen LogP contribution in [-0.4, -0.2) is 16.9 Å². The van der Waals surface area contributed by atoms with Crippen molar-refractivity contribution in [3.05, 3.63) is 38.9 Å². The molecule has 0 heterocycles. The summed E-state index contributed by atoms with van der Waals surface area (Å²) in [6.45, 7) is 0. The minimum atomic E-state index is -1.10. The topological polar surface area (TPSA) is 115 Å². The van der Waals surface area contributed by atoms with Crippen molar-refractivity contribution in [1.29, 1.82) is 0 Å². The molecule has 16 heavy (non-hydrogen) atoms. The van der Waals surface area contributed by atoms with Crippen molar-refractivity contribution in [3.63, 3.8) is 0 Å². The summed E-state index contributed by atoms with van der Waals surface area (Å²) in [5, 5.41) is 12.4. The maximum absolute atomic E-state index is 11.4. The molecule has 0 saturated heterocycles. The van der Waals surface area contributed by atoms with Gasteiger partial charge in [-0.25, -0.2) is 4.79 Å². The first-order valence-corrected chi connectivity index (χ1v) is 4.34. The molecule has 0 spiro atoms. The molecule has 7 nitrogen and oxygen atoms in total. The number of carbonyl (C=O) groups is 2. The Balaban J connectivity index is 3.19. The van der Waals surface area contributed by atoms with Gasteiger partial charge in [-0.2, -0.15) is 0 Å². The number of nitro benzene ring substituents is 1. The fraction of sp³-hybridized carbons (Fsp3) is 0. The van der Waals surface area contributed by atoms with Crippen molar-refractivity contribution in [3.8, 4) is 0 Å². The van der Waals surface area contributed by atoms with E-state index >= 15 is 0 Å². The van der Waals surface area contributed by atoms with Crippen LogP contribution in [0, 0.1) is 10.1 Å². The molecule has 3 N–H and O–H groups in total. The van der Waals surface area contributed by atoms with Gasteiger partial charge in [-0.05, 0) is 12.1 Å². The third-order valence-corrected chi connectivity index (χ3v) is 1.87. The van der Waals surface area contributed by atoms with Crippen molar-refractivity contribution in [2.24, 2.45) is 5.73 Å². The molecular weight excluding hydrogens is 238 g/mol. The molecule has 1 aromatic carbocycles. The second kappa shape index (κ2) is 4.58. The van der Waals surface area contributed by atoms with Gasteiger partial charge in [0.1, 0.15) is 5.56 Å². The highest BCUT2D eigenvalue weighted by molar-refractivity contribution is 6.31. The summed E-state index contributed by atoms with van der Waals surface area (Å²) in [6.07, 6.45) is 0. The smallest absolute Gasteiger partial charge is 0.319 e. The number of amides is 3. The Bertz CT molecular complexity index is 474. The number of halogens is 1. The number of hydrogen-bond acceptors (Lipinski definition) is 4. The van der Waals surface area contributed by atoms with Crippen molar-refractivity contribution in [2.75, 3.05) is 0 Å². The molecule has 84 valence electrons. The highest BCUT2D eigenvalue weighted by Crippen LogP contribution is 2.22. The number of benzene rings is 1. The lowest BCUT2D eigenvalue weighted by atomic mass is 10.1. The van der Waals surface area contributed by atoms with Crippen molar-refractivity contribution in [1.82, 2.24) is 5.32 Å². The Labute approximate surface area is 94.3 Å². The molecule has 1 aromatic rings. The number of nitrogens with two attached hydrogens (primary N) is 1. The molecule has 0 aliphatic rings. The van der Waals surface area contributed by atoms with Crippen molar-refractivity contribution >= 4 is 29.2 Å². The van der Waals surface area contributed by atoms with Crippen LogP contribution < -0.4 is 11.1 Å². The Morgan fingerprint density at radius 1 is 1.44 bits per heavy atom. The van der Waals surface area contributed by atoms with E-state index in [-0.39, 0.29) is 10.6 Å². The summed E-state index contributed by atoms with van der Waals surface area (Å²) in [5.41, 5.74) is 3.94. The van der Waals surface area contributed by atoms with E-state index in [0.717, 1.165) is 12.1 Å². The van der Waals surface area contributed by atoms with E-state index in [1.807, 2.05) is 0 Å². The van der Waals surface area contributed by atoms with Crippen LogP contribution in [0.15, 0.2) is 18.2 Å². The van der Waals surface area contributed by atoms with Crippen LogP contribution in [0.1, 0.15) is 10.4 Å². The van der Waals surface area contributed by atoms with E-state index in [0.29, 0.717) is 0 Å². The highest BCUT2D eigenvalue weighted by Gasteiger charge is 2.21. The largest absolute Gasteiger partial charge is 0.351 e. The van der Waals surface area contributed by atoms with Crippen LogP contribution >= 0.6 is 11.6 Å². The first kappa shape index (κ1) is 11.9. The molecule has 0 aliphatic heterocycles. The van der Waals surface area contributed by atoms with Gasteiger partial charge in [0.05, 0.1) is 4.92 Å². The van der Waals surface area contributed by atoms with Crippen LogP contribution in [0.25, 0.3) is 0 Å². The lowest BCUT2D eigenvalue weighted by Crippen LogP contribution is -2.35. The molecule has 1 rings (SSSR count). The molecule has 0 aliphatic carbocycles. The summed E-state index contributed by atoms with van der Waals surface area (Å²) in [5.74, 6) is -0.971. The van der Waals surface area contributed by atoms with Gasteiger partial charge in [-0.3, -0.25) is 20.2 Å². The van der Waals surface area contributed by atoms with Gasteiger partial charge in [-0.15, -0.1) is 0 Å². The maximum Gasteiger partial charge on any atom is 0.319 e. The zero-order valence-corrected chi connectivity index (χ0v) is 8.52. The first-order valence-electron chi connectivity index (χ1n) is 3.96. The molecule has 8 heteroatoms. The van der Waals surface area contributed by atoms with Gasteiger partial charge in [0.15, 0.2) is 0 Å². The zero-order valence-electron chi connectivity index (χ0n) is 7.77. The molecule has 3 amide bonds. The molecule has 0 unspecified atom stereocenters. The minimum absolute atomic E-state index is 0.139. The van der Waals surface area contributed by atoms with Crippen LogP contribution in [0.5, 0.6) is 0 Å². The van der Waals surface area contributed by atoms with Crippen molar-refractivity contribution in [2.45, 2.75) is 0 Å². The van der Waals surface area contributed by atoms with Gasteiger partial charge in [0, 0.05) is 11.1 Å². The molecule has 0 bridgehead atoms. The number of imide groups is 1. The average molecular weight is 244 g/mol. The number of nitro groups is 1. The molecule has 0 radical (unpaired) electrons. The predicted molar refractivity (Wildman–Crippen MR) is 55.2 cm³/mol. The monoisotopic (exact) mass is 243 g/mol. The number of primary amides is 1. The molecule has 0 atom stereocenters. The standard InChI is InChI=1S/C8H6ClN3O4/c9-4-1-2-6(12(15)16)5(3-4)7(13)11-8(10)14/h1-3H,(H3,10,11,13,14). The summed E-state index contributed by atoms with van der Waals surface area (Å²) in [6, 6.07) is 2.32. The van der Waals surface area contributed by atoms with Crippen LogP contribution in [0.3, 0.4) is 0 Å². The van der Waals surface area contributed by atoms with E-state index in [2.05, 4.69) is 0 Å². The summed E-state index contributed by atoms with van der Waals surface area (Å²) >= 11 is 5.58. The Hall–Kier alpha value is -2.15. The van der Waals surface area contributed by atoms with E-state index < -0.39 is 22.5 Å². The lowest BCUT2D eigenvalue weighted by Gasteiger charge is -2.02. The average Bonchev–Trinajstić information content (AvgIpc) is 2.15. The van der Waals surface area contributed by atoms with E-state index in [1.54, 1.807) is 5.32 Å². The summed E-state index contributed by atoms with van der Waals surface area (Å²) in [7, 11) is 0. The second-order valence-corrected chi connectivity index (χ2v) is 3.17.